The van der Waals surface area contributed by atoms with Crippen LogP contribution in [-0.4, -0.2) is 39.1 Å². The number of anilines is 1. The number of rotatable bonds is 8. The van der Waals surface area contributed by atoms with Gasteiger partial charge in [0.25, 0.3) is 0 Å². The summed E-state index contributed by atoms with van der Waals surface area (Å²) in [5.41, 5.74) is 2.68. The molecule has 1 amide bonds. The molecule has 0 aliphatic carbocycles. The molecule has 2 atom stereocenters. The van der Waals surface area contributed by atoms with Gasteiger partial charge in [-0.3, -0.25) is 9.78 Å². The molecule has 7 nitrogen and oxygen atoms in total. The first-order valence-corrected chi connectivity index (χ1v) is 12.3. The van der Waals surface area contributed by atoms with Crippen LogP contribution in [-0.2, 0) is 4.79 Å². The SMILES string of the molecule is COc1ccccc1NC(=O)CCN1C(=S)N[C@H](c2ccccn2)[C@H]1c1cccn1-c1ccccc1F. The molecule has 4 aromatic rings. The van der Waals surface area contributed by atoms with E-state index in [1.807, 2.05) is 58.1 Å². The van der Waals surface area contributed by atoms with E-state index in [1.54, 1.807) is 43.6 Å². The van der Waals surface area contributed by atoms with Gasteiger partial charge in [0.05, 0.1) is 36.3 Å². The molecule has 0 bridgehead atoms. The number of carbonyl (C=O) groups excluding carboxylic acids is 1. The minimum atomic E-state index is -0.328. The Morgan fingerprint density at radius 2 is 1.86 bits per heavy atom. The Labute approximate surface area is 219 Å². The van der Waals surface area contributed by atoms with Crippen molar-refractivity contribution in [1.29, 1.82) is 0 Å². The Morgan fingerprint density at radius 1 is 1.08 bits per heavy atom. The second kappa shape index (κ2) is 10.8. The summed E-state index contributed by atoms with van der Waals surface area (Å²) in [5, 5.41) is 6.80. The van der Waals surface area contributed by atoms with Gasteiger partial charge in [-0.15, -0.1) is 0 Å². The smallest absolute Gasteiger partial charge is 0.226 e. The zero-order valence-corrected chi connectivity index (χ0v) is 21.0. The molecule has 3 heterocycles. The summed E-state index contributed by atoms with van der Waals surface area (Å²) in [5.74, 6) is 0.0902. The molecular formula is C28H26FN5O2S. The maximum atomic E-state index is 14.8. The number of aromatic nitrogens is 2. The van der Waals surface area contributed by atoms with E-state index in [4.69, 9.17) is 17.0 Å². The fourth-order valence-electron chi connectivity index (χ4n) is 4.65. The summed E-state index contributed by atoms with van der Waals surface area (Å²) in [6, 6.07) is 22.8. The highest BCUT2D eigenvalue weighted by Crippen LogP contribution is 2.39. The number of para-hydroxylation sites is 3. The molecule has 1 aliphatic heterocycles. The van der Waals surface area contributed by atoms with Gasteiger partial charge in [0, 0.05) is 31.1 Å². The average molecular weight is 516 g/mol. The van der Waals surface area contributed by atoms with Crippen molar-refractivity contribution in [2.24, 2.45) is 0 Å². The van der Waals surface area contributed by atoms with Gasteiger partial charge in [0.2, 0.25) is 5.91 Å². The molecule has 0 radical (unpaired) electrons. The Kier molecular flexibility index (Phi) is 7.14. The van der Waals surface area contributed by atoms with Crippen molar-refractivity contribution in [1.82, 2.24) is 19.8 Å². The number of halogens is 1. The van der Waals surface area contributed by atoms with Crippen molar-refractivity contribution in [3.63, 3.8) is 0 Å². The molecule has 37 heavy (non-hydrogen) atoms. The highest BCUT2D eigenvalue weighted by atomic mass is 32.1. The maximum absolute atomic E-state index is 14.8. The molecule has 9 heteroatoms. The van der Waals surface area contributed by atoms with Crippen molar-refractivity contribution >= 4 is 28.9 Å². The molecule has 2 N–H and O–H groups in total. The number of pyridine rings is 1. The van der Waals surface area contributed by atoms with Crippen LogP contribution in [0.4, 0.5) is 10.1 Å². The molecule has 0 spiro atoms. The van der Waals surface area contributed by atoms with Crippen molar-refractivity contribution in [3.8, 4) is 11.4 Å². The van der Waals surface area contributed by atoms with Crippen LogP contribution in [0.25, 0.3) is 5.69 Å². The third-order valence-electron chi connectivity index (χ3n) is 6.35. The van der Waals surface area contributed by atoms with Crippen molar-refractivity contribution in [3.05, 3.63) is 108 Å². The van der Waals surface area contributed by atoms with Crippen molar-refractivity contribution < 1.29 is 13.9 Å². The second-order valence-corrected chi connectivity index (χ2v) is 8.96. The Balaban J connectivity index is 1.45. The number of thiocarbonyl (C=S) groups is 1. The summed E-state index contributed by atoms with van der Waals surface area (Å²) in [6.45, 7) is 0.350. The van der Waals surface area contributed by atoms with Gasteiger partial charge in [-0.2, -0.15) is 0 Å². The van der Waals surface area contributed by atoms with E-state index >= 15 is 0 Å². The van der Waals surface area contributed by atoms with Crippen molar-refractivity contribution in [2.45, 2.75) is 18.5 Å². The van der Waals surface area contributed by atoms with Crippen LogP contribution in [0.1, 0.15) is 29.9 Å². The first-order valence-electron chi connectivity index (χ1n) is 11.9. The van der Waals surface area contributed by atoms with Gasteiger partial charge in [-0.25, -0.2) is 4.39 Å². The van der Waals surface area contributed by atoms with E-state index in [0.717, 1.165) is 11.4 Å². The van der Waals surface area contributed by atoms with Crippen LogP contribution in [0.2, 0.25) is 0 Å². The van der Waals surface area contributed by atoms with Gasteiger partial charge in [-0.1, -0.05) is 30.3 Å². The second-order valence-electron chi connectivity index (χ2n) is 8.57. The van der Waals surface area contributed by atoms with Gasteiger partial charge in [-0.05, 0) is 60.7 Å². The van der Waals surface area contributed by atoms with E-state index < -0.39 is 0 Å². The number of carbonyl (C=O) groups is 1. The summed E-state index contributed by atoms with van der Waals surface area (Å²) in [7, 11) is 1.56. The Hall–Kier alpha value is -4.24. The number of nitrogens with zero attached hydrogens (tertiary/aromatic N) is 3. The fraction of sp³-hybridized carbons (Fsp3) is 0.179. The predicted octanol–water partition coefficient (Wildman–Crippen LogP) is 5.02. The Morgan fingerprint density at radius 3 is 2.65 bits per heavy atom. The van der Waals surface area contributed by atoms with Crippen LogP contribution < -0.4 is 15.4 Å². The Bertz CT molecular complexity index is 1410. The van der Waals surface area contributed by atoms with Gasteiger partial charge >= 0.3 is 0 Å². The van der Waals surface area contributed by atoms with Gasteiger partial charge in [0.1, 0.15) is 11.6 Å². The zero-order valence-electron chi connectivity index (χ0n) is 20.2. The molecule has 2 aromatic heterocycles. The highest BCUT2D eigenvalue weighted by Gasteiger charge is 2.41. The number of methoxy groups -OCH3 is 1. The quantitative estimate of drug-likeness (QED) is 0.321. The molecule has 2 aromatic carbocycles. The van der Waals surface area contributed by atoms with E-state index in [2.05, 4.69) is 15.6 Å². The molecular weight excluding hydrogens is 489 g/mol. The van der Waals surface area contributed by atoms with E-state index in [-0.39, 0.29) is 30.2 Å². The zero-order chi connectivity index (χ0) is 25.8. The van der Waals surface area contributed by atoms with Crippen LogP contribution in [0.15, 0.2) is 91.3 Å². The van der Waals surface area contributed by atoms with Crippen LogP contribution in [0.5, 0.6) is 5.75 Å². The van der Waals surface area contributed by atoms with E-state index in [9.17, 15) is 9.18 Å². The molecule has 1 fully saturated rings. The monoisotopic (exact) mass is 515 g/mol. The summed E-state index contributed by atoms with van der Waals surface area (Å²) < 4.78 is 22.0. The number of ether oxygens (including phenoxy) is 1. The first kappa shape index (κ1) is 24.5. The van der Waals surface area contributed by atoms with Gasteiger partial charge in [0.15, 0.2) is 5.11 Å². The lowest BCUT2D eigenvalue weighted by molar-refractivity contribution is -0.116. The van der Waals surface area contributed by atoms with Crippen LogP contribution in [0.3, 0.4) is 0 Å². The number of amides is 1. The lowest BCUT2D eigenvalue weighted by Gasteiger charge is -2.29. The summed E-state index contributed by atoms with van der Waals surface area (Å²) in [4.78, 5) is 19.4. The fourth-order valence-corrected chi connectivity index (χ4v) is 4.98. The predicted molar refractivity (Wildman–Crippen MR) is 144 cm³/mol. The molecule has 0 unspecified atom stereocenters. The lowest BCUT2D eigenvalue weighted by Crippen LogP contribution is -2.33. The molecule has 5 rings (SSSR count). The summed E-state index contributed by atoms with van der Waals surface area (Å²) in [6.07, 6.45) is 3.75. The van der Waals surface area contributed by atoms with Crippen LogP contribution >= 0.6 is 12.2 Å². The molecule has 1 aliphatic rings. The lowest BCUT2D eigenvalue weighted by atomic mass is 10.0. The molecule has 1 saturated heterocycles. The molecule has 0 saturated carbocycles. The third kappa shape index (κ3) is 5.03. The number of benzene rings is 2. The largest absolute Gasteiger partial charge is 0.495 e. The first-order chi connectivity index (χ1) is 18.1. The standard InChI is InChI=1S/C28H26FN5O2S/c1-36-24-14-5-3-10-20(24)31-25(35)15-18-34-27(26(32-28(34)37)21-11-6-7-16-30-21)23-13-8-17-33(23)22-12-4-2-9-19(22)29/h2-14,16-17,26-27H,15,18H2,1H3,(H,31,35)(H,32,37)/t26-,27-/m1/s1. The maximum Gasteiger partial charge on any atom is 0.226 e. The summed E-state index contributed by atoms with van der Waals surface area (Å²) >= 11 is 5.73. The van der Waals surface area contributed by atoms with Crippen molar-refractivity contribution in [2.75, 3.05) is 19.0 Å². The van der Waals surface area contributed by atoms with Gasteiger partial charge < -0.3 is 24.8 Å². The van der Waals surface area contributed by atoms with Crippen LogP contribution in [0, 0.1) is 5.82 Å². The highest BCUT2D eigenvalue weighted by molar-refractivity contribution is 7.80. The topological polar surface area (TPSA) is 71.4 Å². The van der Waals surface area contributed by atoms with E-state index in [0.29, 0.717) is 28.8 Å². The number of hydrogen-bond acceptors (Lipinski definition) is 4. The number of hydrogen-bond donors (Lipinski definition) is 2. The third-order valence-corrected chi connectivity index (χ3v) is 6.71. The minimum absolute atomic E-state index is 0.170. The van der Waals surface area contributed by atoms with E-state index in [1.165, 1.54) is 6.07 Å². The normalized spacial score (nSPS) is 16.9. The minimum Gasteiger partial charge on any atom is -0.495 e. The average Bonchev–Trinajstić information content (AvgIpc) is 3.52. The number of nitrogens with one attached hydrogen (secondary N) is 2. The molecule has 188 valence electrons.